The van der Waals surface area contributed by atoms with Gasteiger partial charge in [0.2, 0.25) is 6.33 Å². The van der Waals surface area contributed by atoms with E-state index in [1.807, 2.05) is 6.92 Å². The minimum atomic E-state index is -0.559. The standard InChI is InChI=1S/C8H11N3O3/c1-6(3-7(2)12)10-4-8(9-5-10)11(13)14/h4-6H,3H2,1-2H3. The van der Waals surface area contributed by atoms with Crippen molar-refractivity contribution in [3.05, 3.63) is 22.6 Å². The van der Waals surface area contributed by atoms with E-state index in [4.69, 9.17) is 0 Å². The zero-order valence-electron chi connectivity index (χ0n) is 8.01. The van der Waals surface area contributed by atoms with Crippen LogP contribution in [0.5, 0.6) is 0 Å². The van der Waals surface area contributed by atoms with Crippen LogP contribution >= 0.6 is 0 Å². The van der Waals surface area contributed by atoms with Crippen molar-refractivity contribution in [3.63, 3.8) is 0 Å². The Bertz CT molecular complexity index is 358. The van der Waals surface area contributed by atoms with Gasteiger partial charge >= 0.3 is 5.82 Å². The molecule has 0 aliphatic carbocycles. The first-order valence-corrected chi connectivity index (χ1v) is 4.18. The number of nitrogens with zero attached hydrogens (tertiary/aromatic N) is 3. The van der Waals surface area contributed by atoms with E-state index < -0.39 is 4.92 Å². The van der Waals surface area contributed by atoms with Gasteiger partial charge in [-0.25, -0.2) is 0 Å². The van der Waals surface area contributed by atoms with Gasteiger partial charge in [-0.15, -0.1) is 0 Å². The highest BCUT2D eigenvalue weighted by Crippen LogP contribution is 2.14. The molecule has 0 bridgehead atoms. The Labute approximate surface area is 80.7 Å². The molecule has 6 nitrogen and oxygen atoms in total. The molecule has 0 aliphatic heterocycles. The number of ketones is 1. The van der Waals surface area contributed by atoms with Gasteiger partial charge < -0.3 is 14.7 Å². The van der Waals surface area contributed by atoms with E-state index in [9.17, 15) is 14.9 Å². The van der Waals surface area contributed by atoms with Gasteiger partial charge in [0, 0.05) is 12.5 Å². The zero-order chi connectivity index (χ0) is 10.7. The molecule has 0 aromatic carbocycles. The molecule has 76 valence electrons. The van der Waals surface area contributed by atoms with Gasteiger partial charge in [-0.05, 0) is 23.8 Å². The number of imidazole rings is 1. The average molecular weight is 197 g/mol. The second-order valence-electron chi connectivity index (χ2n) is 3.19. The molecule has 0 fully saturated rings. The number of carbonyl (C=O) groups is 1. The minimum absolute atomic E-state index is 0.0499. The quantitative estimate of drug-likeness (QED) is 0.538. The highest BCUT2D eigenvalue weighted by atomic mass is 16.6. The fraction of sp³-hybridized carbons (Fsp3) is 0.500. The molecule has 14 heavy (non-hydrogen) atoms. The van der Waals surface area contributed by atoms with E-state index in [-0.39, 0.29) is 17.6 Å². The summed E-state index contributed by atoms with van der Waals surface area (Å²) >= 11 is 0. The van der Waals surface area contributed by atoms with Gasteiger partial charge in [-0.3, -0.25) is 4.79 Å². The molecule has 0 saturated heterocycles. The second-order valence-corrected chi connectivity index (χ2v) is 3.19. The normalized spacial score (nSPS) is 12.4. The Morgan fingerprint density at radius 2 is 2.43 bits per heavy atom. The van der Waals surface area contributed by atoms with Crippen molar-refractivity contribution in [2.45, 2.75) is 26.3 Å². The second kappa shape index (κ2) is 3.99. The third-order valence-corrected chi connectivity index (χ3v) is 1.87. The van der Waals surface area contributed by atoms with Crippen LogP contribution in [0.25, 0.3) is 0 Å². The van der Waals surface area contributed by atoms with Gasteiger partial charge in [0.25, 0.3) is 0 Å². The number of carbonyl (C=O) groups excluding carboxylic acids is 1. The van der Waals surface area contributed by atoms with Crippen LogP contribution in [0.4, 0.5) is 5.82 Å². The maximum absolute atomic E-state index is 10.8. The first-order chi connectivity index (χ1) is 6.50. The first kappa shape index (κ1) is 10.4. The van der Waals surface area contributed by atoms with Crippen LogP contribution in [0.3, 0.4) is 0 Å². The molecule has 1 aromatic rings. The highest BCUT2D eigenvalue weighted by molar-refractivity contribution is 5.75. The van der Waals surface area contributed by atoms with Crippen molar-refractivity contribution < 1.29 is 9.72 Å². The number of nitro groups is 1. The van der Waals surface area contributed by atoms with E-state index in [0.717, 1.165) is 0 Å². The molecular formula is C8H11N3O3. The first-order valence-electron chi connectivity index (χ1n) is 4.18. The SMILES string of the molecule is CC(=O)CC(C)n1cnc([N+](=O)[O-])c1. The van der Waals surface area contributed by atoms with Crippen LogP contribution in [0.15, 0.2) is 12.5 Å². The third-order valence-electron chi connectivity index (χ3n) is 1.87. The van der Waals surface area contributed by atoms with Crippen LogP contribution in [-0.2, 0) is 4.79 Å². The fourth-order valence-electron chi connectivity index (χ4n) is 1.18. The lowest BCUT2D eigenvalue weighted by Crippen LogP contribution is -2.06. The van der Waals surface area contributed by atoms with Crippen molar-refractivity contribution in [2.24, 2.45) is 0 Å². The largest absolute Gasteiger partial charge is 0.381 e. The van der Waals surface area contributed by atoms with Crippen LogP contribution in [0, 0.1) is 10.1 Å². The van der Waals surface area contributed by atoms with Crippen LogP contribution in [-0.4, -0.2) is 20.3 Å². The van der Waals surface area contributed by atoms with Crippen molar-refractivity contribution in [1.29, 1.82) is 0 Å². The van der Waals surface area contributed by atoms with E-state index in [0.29, 0.717) is 6.42 Å². The summed E-state index contributed by atoms with van der Waals surface area (Å²) in [6.45, 7) is 3.30. The molecule has 6 heteroatoms. The summed E-state index contributed by atoms with van der Waals surface area (Å²) in [4.78, 5) is 24.2. The zero-order valence-corrected chi connectivity index (χ0v) is 8.01. The number of rotatable bonds is 4. The maximum Gasteiger partial charge on any atom is 0.381 e. The van der Waals surface area contributed by atoms with Crippen LogP contribution < -0.4 is 0 Å². The van der Waals surface area contributed by atoms with Crippen LogP contribution in [0.1, 0.15) is 26.3 Å². The van der Waals surface area contributed by atoms with Gasteiger partial charge in [0.05, 0.1) is 0 Å². The number of aromatic nitrogens is 2. The topological polar surface area (TPSA) is 78.0 Å². The Morgan fingerprint density at radius 3 is 2.86 bits per heavy atom. The smallest absolute Gasteiger partial charge is 0.358 e. The summed E-state index contributed by atoms with van der Waals surface area (Å²) in [6.07, 6.45) is 3.05. The molecular weight excluding hydrogens is 186 g/mol. The predicted octanol–water partition coefficient (Wildman–Crippen LogP) is 1.33. The van der Waals surface area contributed by atoms with E-state index in [1.165, 1.54) is 19.4 Å². The Hall–Kier alpha value is -1.72. The molecule has 0 amide bonds. The summed E-state index contributed by atoms with van der Waals surface area (Å²) in [7, 11) is 0. The van der Waals surface area contributed by atoms with Crippen molar-refractivity contribution in [1.82, 2.24) is 9.55 Å². The van der Waals surface area contributed by atoms with Gasteiger partial charge in [-0.1, -0.05) is 0 Å². The van der Waals surface area contributed by atoms with Crippen molar-refractivity contribution in [2.75, 3.05) is 0 Å². The minimum Gasteiger partial charge on any atom is -0.358 e. The predicted molar refractivity (Wildman–Crippen MR) is 48.9 cm³/mol. The summed E-state index contributed by atoms with van der Waals surface area (Å²) in [5.74, 6) is -0.144. The Morgan fingerprint density at radius 1 is 1.79 bits per heavy atom. The lowest BCUT2D eigenvalue weighted by molar-refractivity contribution is -0.389. The van der Waals surface area contributed by atoms with Crippen LogP contribution in [0.2, 0.25) is 0 Å². The highest BCUT2D eigenvalue weighted by Gasteiger charge is 2.14. The van der Waals surface area contributed by atoms with Crippen molar-refractivity contribution in [3.8, 4) is 0 Å². The summed E-state index contributed by atoms with van der Waals surface area (Å²) in [6, 6.07) is -0.0892. The van der Waals surface area contributed by atoms with E-state index in [1.54, 1.807) is 4.57 Å². The summed E-state index contributed by atoms with van der Waals surface area (Å²) in [5, 5.41) is 10.3. The fourth-order valence-corrected chi connectivity index (χ4v) is 1.18. The van der Waals surface area contributed by atoms with Gasteiger partial charge in [0.15, 0.2) is 0 Å². The molecule has 0 aliphatic rings. The molecule has 0 saturated carbocycles. The number of hydrogen-bond acceptors (Lipinski definition) is 4. The molecule has 1 atom stereocenters. The molecule has 0 N–H and O–H groups in total. The monoisotopic (exact) mass is 197 g/mol. The summed E-state index contributed by atoms with van der Waals surface area (Å²) < 4.78 is 1.57. The maximum atomic E-state index is 10.8. The molecule has 1 rings (SSSR count). The molecule has 0 spiro atoms. The number of Topliss-reactive ketones (excluding diaryl/α,β-unsaturated/α-hetero) is 1. The molecule has 1 heterocycles. The lowest BCUT2D eigenvalue weighted by atomic mass is 10.2. The van der Waals surface area contributed by atoms with Gasteiger partial charge in [-0.2, -0.15) is 0 Å². The summed E-state index contributed by atoms with van der Waals surface area (Å²) in [5.41, 5.74) is 0. The van der Waals surface area contributed by atoms with E-state index in [2.05, 4.69) is 4.98 Å². The number of hydrogen-bond donors (Lipinski definition) is 0. The average Bonchev–Trinajstić information content (AvgIpc) is 2.50. The molecule has 1 unspecified atom stereocenters. The van der Waals surface area contributed by atoms with E-state index >= 15 is 0 Å². The third kappa shape index (κ3) is 2.38. The Balaban J connectivity index is 2.76. The lowest BCUT2D eigenvalue weighted by Gasteiger charge is -2.07. The van der Waals surface area contributed by atoms with Gasteiger partial charge in [0.1, 0.15) is 12.0 Å². The van der Waals surface area contributed by atoms with Crippen molar-refractivity contribution >= 4 is 11.6 Å². The molecule has 0 radical (unpaired) electrons. The Kier molecular flexibility index (Phi) is 2.95. The molecule has 1 aromatic heterocycles.